The molecule has 0 atom stereocenters. The first-order valence-corrected chi connectivity index (χ1v) is 8.30. The quantitative estimate of drug-likeness (QED) is 0.552. The third-order valence-corrected chi connectivity index (χ3v) is 3.73. The largest absolute Gasteiger partial charge is 0.356 e. The van der Waals surface area contributed by atoms with Crippen LogP contribution in [0, 0.1) is 6.92 Å². The van der Waals surface area contributed by atoms with E-state index in [0.29, 0.717) is 12.1 Å². The molecule has 6 nitrogen and oxygen atoms in total. The maximum absolute atomic E-state index is 11.7. The van der Waals surface area contributed by atoms with Gasteiger partial charge in [0.25, 0.3) is 5.91 Å². The number of rotatable bonds is 6. The normalized spacial score (nSPS) is 11.1. The average Bonchev–Trinajstić information content (AvgIpc) is 2.64. The molecule has 0 radical (unpaired) electrons. The highest BCUT2D eigenvalue weighted by molar-refractivity contribution is 5.94. The minimum atomic E-state index is -0.0714. The standard InChI is InChI=1S/C19H25N5O/c1-14-6-4-9-17(24-14)13-23-19(21-3)22-11-10-15-7-5-8-16(12-15)18(25)20-2/h4-9,12H,10-11,13H2,1-3H3,(H,20,25)(H2,21,22,23). The highest BCUT2D eigenvalue weighted by Crippen LogP contribution is 2.05. The lowest BCUT2D eigenvalue weighted by Gasteiger charge is -2.12. The van der Waals surface area contributed by atoms with E-state index in [-0.39, 0.29) is 5.91 Å². The Hall–Kier alpha value is -2.89. The number of carbonyl (C=O) groups excluding carboxylic acids is 1. The maximum Gasteiger partial charge on any atom is 0.251 e. The molecule has 1 aromatic heterocycles. The van der Waals surface area contributed by atoms with E-state index in [0.717, 1.165) is 35.9 Å². The molecule has 0 fully saturated rings. The maximum atomic E-state index is 11.7. The zero-order valence-corrected chi connectivity index (χ0v) is 15.0. The van der Waals surface area contributed by atoms with Crippen LogP contribution in [0.25, 0.3) is 0 Å². The Labute approximate surface area is 148 Å². The molecule has 0 saturated carbocycles. The zero-order chi connectivity index (χ0) is 18.1. The van der Waals surface area contributed by atoms with Crippen molar-refractivity contribution >= 4 is 11.9 Å². The predicted octanol–water partition coefficient (Wildman–Crippen LogP) is 1.66. The molecule has 0 unspecified atom stereocenters. The van der Waals surface area contributed by atoms with Gasteiger partial charge in [-0.05, 0) is 43.2 Å². The molecule has 0 spiro atoms. The SMILES string of the molecule is CN=C(NCCc1cccc(C(=O)NC)c1)NCc1cccc(C)n1. The second-order valence-electron chi connectivity index (χ2n) is 5.65. The summed E-state index contributed by atoms with van der Waals surface area (Å²) in [5.41, 5.74) is 3.75. The van der Waals surface area contributed by atoms with Gasteiger partial charge in [0.05, 0.1) is 12.2 Å². The van der Waals surface area contributed by atoms with Gasteiger partial charge in [0, 0.05) is 31.9 Å². The van der Waals surface area contributed by atoms with Crippen LogP contribution >= 0.6 is 0 Å². The molecule has 6 heteroatoms. The molecule has 0 bridgehead atoms. The first-order valence-electron chi connectivity index (χ1n) is 8.30. The van der Waals surface area contributed by atoms with Crippen molar-refractivity contribution in [2.45, 2.75) is 19.9 Å². The fourth-order valence-corrected chi connectivity index (χ4v) is 2.43. The molecule has 1 heterocycles. The lowest BCUT2D eigenvalue weighted by Crippen LogP contribution is -2.38. The minimum absolute atomic E-state index is 0.0714. The number of aromatic nitrogens is 1. The number of hydrogen-bond acceptors (Lipinski definition) is 3. The average molecular weight is 339 g/mol. The van der Waals surface area contributed by atoms with E-state index < -0.39 is 0 Å². The highest BCUT2D eigenvalue weighted by Gasteiger charge is 2.04. The van der Waals surface area contributed by atoms with Crippen LogP contribution in [0.1, 0.15) is 27.3 Å². The molecule has 0 aliphatic heterocycles. The summed E-state index contributed by atoms with van der Waals surface area (Å²) < 4.78 is 0. The Morgan fingerprint density at radius 3 is 2.68 bits per heavy atom. The van der Waals surface area contributed by atoms with Crippen LogP contribution in [0.15, 0.2) is 47.5 Å². The number of hydrogen-bond donors (Lipinski definition) is 3. The number of benzene rings is 1. The van der Waals surface area contributed by atoms with E-state index >= 15 is 0 Å². The van der Waals surface area contributed by atoms with Gasteiger partial charge in [0.15, 0.2) is 5.96 Å². The van der Waals surface area contributed by atoms with Gasteiger partial charge in [-0.2, -0.15) is 0 Å². The molecule has 25 heavy (non-hydrogen) atoms. The minimum Gasteiger partial charge on any atom is -0.356 e. The van der Waals surface area contributed by atoms with Crippen LogP contribution in [-0.2, 0) is 13.0 Å². The van der Waals surface area contributed by atoms with Crippen LogP contribution in [-0.4, -0.2) is 37.5 Å². The van der Waals surface area contributed by atoms with Crippen molar-refractivity contribution in [3.05, 3.63) is 65.0 Å². The van der Waals surface area contributed by atoms with E-state index in [2.05, 4.69) is 25.9 Å². The lowest BCUT2D eigenvalue weighted by molar-refractivity contribution is 0.0963. The number of nitrogens with zero attached hydrogens (tertiary/aromatic N) is 2. The Bertz CT molecular complexity index is 742. The Morgan fingerprint density at radius 1 is 1.16 bits per heavy atom. The first-order chi connectivity index (χ1) is 12.1. The predicted molar refractivity (Wildman–Crippen MR) is 101 cm³/mol. The monoisotopic (exact) mass is 339 g/mol. The molecular weight excluding hydrogens is 314 g/mol. The molecule has 2 rings (SSSR count). The van der Waals surface area contributed by atoms with Crippen LogP contribution in [0.4, 0.5) is 0 Å². The number of pyridine rings is 1. The number of guanidine groups is 1. The molecule has 2 aromatic rings. The number of aliphatic imine (C=N–C) groups is 1. The van der Waals surface area contributed by atoms with Crippen LogP contribution in [0.3, 0.4) is 0 Å². The molecule has 1 amide bonds. The van der Waals surface area contributed by atoms with Gasteiger partial charge in [0.2, 0.25) is 0 Å². The van der Waals surface area contributed by atoms with Gasteiger partial charge in [-0.15, -0.1) is 0 Å². The second-order valence-corrected chi connectivity index (χ2v) is 5.65. The van der Waals surface area contributed by atoms with Crippen molar-refractivity contribution in [2.75, 3.05) is 20.6 Å². The van der Waals surface area contributed by atoms with E-state index in [9.17, 15) is 4.79 Å². The Balaban J connectivity index is 1.82. The summed E-state index contributed by atoms with van der Waals surface area (Å²) in [5.74, 6) is 0.656. The Kier molecular flexibility index (Phi) is 6.95. The summed E-state index contributed by atoms with van der Waals surface area (Å²) in [5, 5.41) is 9.16. The van der Waals surface area contributed by atoms with Crippen molar-refractivity contribution in [1.82, 2.24) is 20.9 Å². The molecule has 3 N–H and O–H groups in total. The van der Waals surface area contributed by atoms with Crippen LogP contribution in [0.2, 0.25) is 0 Å². The van der Waals surface area contributed by atoms with Crippen LogP contribution < -0.4 is 16.0 Å². The highest BCUT2D eigenvalue weighted by atomic mass is 16.1. The second kappa shape index (κ2) is 9.42. The van der Waals surface area contributed by atoms with E-state index in [4.69, 9.17) is 0 Å². The van der Waals surface area contributed by atoms with E-state index in [1.165, 1.54) is 0 Å². The number of aryl methyl sites for hydroxylation is 1. The van der Waals surface area contributed by atoms with Crippen molar-refractivity contribution < 1.29 is 4.79 Å². The van der Waals surface area contributed by atoms with E-state index in [1.54, 1.807) is 14.1 Å². The molecule has 132 valence electrons. The van der Waals surface area contributed by atoms with Gasteiger partial charge in [0.1, 0.15) is 0 Å². The number of nitrogens with one attached hydrogen (secondary N) is 3. The van der Waals surface area contributed by atoms with Gasteiger partial charge >= 0.3 is 0 Å². The summed E-state index contributed by atoms with van der Waals surface area (Å²) in [6.07, 6.45) is 0.800. The molecule has 0 aliphatic carbocycles. The zero-order valence-electron chi connectivity index (χ0n) is 15.0. The molecule has 0 aliphatic rings. The van der Waals surface area contributed by atoms with Crippen molar-refractivity contribution in [3.63, 3.8) is 0 Å². The number of carbonyl (C=O) groups is 1. The van der Waals surface area contributed by atoms with Gasteiger partial charge in [-0.3, -0.25) is 14.8 Å². The Morgan fingerprint density at radius 2 is 1.96 bits per heavy atom. The molecular formula is C19H25N5O. The summed E-state index contributed by atoms with van der Waals surface area (Å²) >= 11 is 0. The third kappa shape index (κ3) is 5.91. The van der Waals surface area contributed by atoms with Gasteiger partial charge < -0.3 is 16.0 Å². The summed E-state index contributed by atoms with van der Waals surface area (Å²) in [7, 11) is 3.38. The smallest absolute Gasteiger partial charge is 0.251 e. The van der Waals surface area contributed by atoms with Gasteiger partial charge in [-0.25, -0.2) is 0 Å². The van der Waals surface area contributed by atoms with Gasteiger partial charge in [-0.1, -0.05) is 18.2 Å². The third-order valence-electron chi connectivity index (χ3n) is 3.73. The first kappa shape index (κ1) is 18.4. The summed E-state index contributed by atoms with van der Waals surface area (Å²) in [6, 6.07) is 13.6. The lowest BCUT2D eigenvalue weighted by atomic mass is 10.1. The fourth-order valence-electron chi connectivity index (χ4n) is 2.43. The van der Waals surface area contributed by atoms with E-state index in [1.807, 2.05) is 49.4 Å². The van der Waals surface area contributed by atoms with Crippen molar-refractivity contribution in [3.8, 4) is 0 Å². The fraction of sp³-hybridized carbons (Fsp3) is 0.316. The summed E-state index contributed by atoms with van der Waals surface area (Å²) in [4.78, 5) is 20.4. The van der Waals surface area contributed by atoms with Crippen molar-refractivity contribution in [2.24, 2.45) is 4.99 Å². The van der Waals surface area contributed by atoms with Crippen molar-refractivity contribution in [1.29, 1.82) is 0 Å². The molecule has 1 aromatic carbocycles. The topological polar surface area (TPSA) is 78.4 Å². The molecule has 0 saturated heterocycles. The number of amides is 1. The summed E-state index contributed by atoms with van der Waals surface area (Å²) in [6.45, 7) is 3.31. The van der Waals surface area contributed by atoms with Crippen LogP contribution in [0.5, 0.6) is 0 Å².